The van der Waals surface area contributed by atoms with E-state index in [-0.39, 0.29) is 6.42 Å². The first-order chi connectivity index (χ1) is 7.66. The summed E-state index contributed by atoms with van der Waals surface area (Å²) in [7, 11) is 0. The smallest absolute Gasteiger partial charge is 0.303 e. The van der Waals surface area contributed by atoms with Crippen LogP contribution in [0.15, 0.2) is 6.07 Å². The van der Waals surface area contributed by atoms with Crippen LogP contribution in [-0.4, -0.2) is 17.6 Å². The average Bonchev–Trinajstić information content (AvgIpc) is 2.72. The van der Waals surface area contributed by atoms with Crippen molar-refractivity contribution in [2.24, 2.45) is 0 Å². The number of aliphatic carboxylic acids is 1. The topological polar surface area (TPSA) is 49.3 Å². The van der Waals surface area contributed by atoms with Gasteiger partial charge in [0.05, 0.1) is 4.34 Å². The fourth-order valence-corrected chi connectivity index (χ4v) is 3.42. The van der Waals surface area contributed by atoms with E-state index in [0.29, 0.717) is 12.5 Å². The predicted octanol–water partition coefficient (Wildman–Crippen LogP) is 2.84. The number of hydrogen-bond acceptors (Lipinski definition) is 3. The maximum Gasteiger partial charge on any atom is 0.303 e. The summed E-state index contributed by atoms with van der Waals surface area (Å²) in [6.07, 6.45) is 3.10. The van der Waals surface area contributed by atoms with E-state index in [1.807, 2.05) is 6.07 Å². The quantitative estimate of drug-likeness (QED) is 0.800. The Balaban J connectivity index is 1.81. The van der Waals surface area contributed by atoms with E-state index in [9.17, 15) is 4.79 Å². The van der Waals surface area contributed by atoms with E-state index in [1.165, 1.54) is 10.4 Å². The number of carboxylic acid groups (broad SMARTS) is 1. The van der Waals surface area contributed by atoms with E-state index in [2.05, 4.69) is 5.32 Å². The summed E-state index contributed by atoms with van der Waals surface area (Å²) in [5, 5.41) is 11.9. The number of carboxylic acids is 1. The molecular formula is C11H14ClNO2S. The van der Waals surface area contributed by atoms with Crippen LogP contribution >= 0.6 is 22.9 Å². The van der Waals surface area contributed by atoms with Crippen molar-refractivity contribution < 1.29 is 9.90 Å². The van der Waals surface area contributed by atoms with Crippen LogP contribution in [0.5, 0.6) is 0 Å². The van der Waals surface area contributed by atoms with Crippen molar-refractivity contribution >= 4 is 28.9 Å². The van der Waals surface area contributed by atoms with Crippen LogP contribution in [0, 0.1) is 0 Å². The number of carbonyl (C=O) groups is 1. The minimum atomic E-state index is -0.729. The molecule has 1 aromatic rings. The lowest BCUT2D eigenvalue weighted by molar-refractivity contribution is -0.137. The second kappa shape index (κ2) is 5.17. The van der Waals surface area contributed by atoms with Crippen molar-refractivity contribution in [2.75, 3.05) is 6.54 Å². The molecule has 1 atom stereocenters. The summed E-state index contributed by atoms with van der Waals surface area (Å²) in [6, 6.07) is 2.40. The molecule has 0 fully saturated rings. The van der Waals surface area contributed by atoms with Crippen LogP contribution in [0.4, 0.5) is 0 Å². The van der Waals surface area contributed by atoms with Gasteiger partial charge in [0.15, 0.2) is 0 Å². The highest BCUT2D eigenvalue weighted by molar-refractivity contribution is 7.16. The Kier molecular flexibility index (Phi) is 3.84. The predicted molar refractivity (Wildman–Crippen MR) is 65.3 cm³/mol. The van der Waals surface area contributed by atoms with Gasteiger partial charge in [0.1, 0.15) is 0 Å². The monoisotopic (exact) mass is 259 g/mol. The third-order valence-corrected chi connectivity index (χ3v) is 4.14. The zero-order valence-corrected chi connectivity index (χ0v) is 10.4. The van der Waals surface area contributed by atoms with Gasteiger partial charge in [-0.1, -0.05) is 11.6 Å². The molecule has 1 aliphatic rings. The molecule has 2 N–H and O–H groups in total. The van der Waals surface area contributed by atoms with E-state index in [1.54, 1.807) is 11.3 Å². The summed E-state index contributed by atoms with van der Waals surface area (Å²) in [4.78, 5) is 11.7. The fraction of sp³-hybridized carbons (Fsp3) is 0.545. The molecule has 0 radical (unpaired) electrons. The van der Waals surface area contributed by atoms with Gasteiger partial charge >= 0.3 is 5.97 Å². The molecule has 0 spiro atoms. The lowest BCUT2D eigenvalue weighted by Gasteiger charge is -2.11. The van der Waals surface area contributed by atoms with Gasteiger partial charge in [0.2, 0.25) is 0 Å². The van der Waals surface area contributed by atoms with Crippen LogP contribution in [0.2, 0.25) is 4.34 Å². The summed E-state index contributed by atoms with van der Waals surface area (Å²) < 4.78 is 0.849. The Hall–Kier alpha value is -0.580. The number of rotatable bonds is 5. The van der Waals surface area contributed by atoms with Crippen LogP contribution in [0.1, 0.15) is 35.7 Å². The first-order valence-electron chi connectivity index (χ1n) is 5.40. The van der Waals surface area contributed by atoms with Crippen molar-refractivity contribution in [3.63, 3.8) is 0 Å². The first kappa shape index (κ1) is 11.9. The Morgan fingerprint density at radius 1 is 1.69 bits per heavy atom. The van der Waals surface area contributed by atoms with Gasteiger partial charge in [0, 0.05) is 17.3 Å². The molecule has 16 heavy (non-hydrogen) atoms. The number of halogens is 1. The standard InChI is InChI=1S/C11H14ClNO2S/c12-10-6-7-8(3-4-9(7)16-10)13-5-1-2-11(14)15/h6,8,13H,1-5H2,(H,14,15). The molecule has 2 rings (SSSR count). The maximum absolute atomic E-state index is 10.4. The maximum atomic E-state index is 10.4. The van der Waals surface area contributed by atoms with Crippen LogP contribution in [0.25, 0.3) is 0 Å². The van der Waals surface area contributed by atoms with Gasteiger partial charge in [-0.15, -0.1) is 11.3 Å². The van der Waals surface area contributed by atoms with Crippen molar-refractivity contribution in [3.05, 3.63) is 20.8 Å². The van der Waals surface area contributed by atoms with Gasteiger partial charge in [-0.2, -0.15) is 0 Å². The lowest BCUT2D eigenvalue weighted by atomic mass is 10.1. The van der Waals surface area contributed by atoms with E-state index in [4.69, 9.17) is 16.7 Å². The number of nitrogens with one attached hydrogen (secondary N) is 1. The minimum Gasteiger partial charge on any atom is -0.481 e. The first-order valence-corrected chi connectivity index (χ1v) is 6.59. The number of fused-ring (bicyclic) bond motifs is 1. The Bertz CT molecular complexity index is 391. The molecule has 1 aliphatic carbocycles. The highest BCUT2D eigenvalue weighted by atomic mass is 35.5. The normalized spacial score (nSPS) is 18.7. The zero-order valence-electron chi connectivity index (χ0n) is 8.83. The zero-order chi connectivity index (χ0) is 11.5. The summed E-state index contributed by atoms with van der Waals surface area (Å²) in [5.41, 5.74) is 1.31. The summed E-state index contributed by atoms with van der Waals surface area (Å²) in [6.45, 7) is 0.754. The second-order valence-corrected chi connectivity index (χ2v) is 5.74. The van der Waals surface area contributed by atoms with Crippen LogP contribution < -0.4 is 5.32 Å². The van der Waals surface area contributed by atoms with Gasteiger partial charge in [0.25, 0.3) is 0 Å². The van der Waals surface area contributed by atoms with Crippen molar-refractivity contribution in [2.45, 2.75) is 31.7 Å². The number of thiophene rings is 1. The third-order valence-electron chi connectivity index (χ3n) is 2.81. The Morgan fingerprint density at radius 2 is 2.50 bits per heavy atom. The third kappa shape index (κ3) is 2.75. The lowest BCUT2D eigenvalue weighted by Crippen LogP contribution is -2.20. The molecule has 3 nitrogen and oxygen atoms in total. The van der Waals surface area contributed by atoms with Crippen molar-refractivity contribution in [1.82, 2.24) is 5.32 Å². The molecule has 5 heteroatoms. The van der Waals surface area contributed by atoms with Crippen LogP contribution in [0.3, 0.4) is 0 Å². The molecule has 1 unspecified atom stereocenters. The molecule has 1 heterocycles. The SMILES string of the molecule is O=C(O)CCCNC1CCc2sc(Cl)cc21. The minimum absolute atomic E-state index is 0.233. The number of aryl methyl sites for hydroxylation is 1. The van der Waals surface area contributed by atoms with E-state index >= 15 is 0 Å². The Morgan fingerprint density at radius 3 is 3.25 bits per heavy atom. The van der Waals surface area contributed by atoms with E-state index < -0.39 is 5.97 Å². The van der Waals surface area contributed by atoms with Crippen molar-refractivity contribution in [3.8, 4) is 0 Å². The highest BCUT2D eigenvalue weighted by Crippen LogP contribution is 2.39. The molecule has 0 bridgehead atoms. The van der Waals surface area contributed by atoms with Gasteiger partial charge in [-0.05, 0) is 37.4 Å². The molecule has 0 aliphatic heterocycles. The van der Waals surface area contributed by atoms with Crippen LogP contribution in [-0.2, 0) is 11.2 Å². The number of hydrogen-bond donors (Lipinski definition) is 2. The summed E-state index contributed by atoms with van der Waals surface area (Å²) in [5.74, 6) is -0.729. The Labute approximate surface area is 103 Å². The molecule has 88 valence electrons. The highest BCUT2D eigenvalue weighted by Gasteiger charge is 2.24. The van der Waals surface area contributed by atoms with Gasteiger partial charge in [-0.25, -0.2) is 0 Å². The largest absolute Gasteiger partial charge is 0.481 e. The molecule has 0 aromatic carbocycles. The molecule has 0 saturated carbocycles. The van der Waals surface area contributed by atoms with Gasteiger partial charge in [-0.3, -0.25) is 4.79 Å². The van der Waals surface area contributed by atoms with Crippen molar-refractivity contribution in [1.29, 1.82) is 0 Å². The summed E-state index contributed by atoms with van der Waals surface area (Å²) >= 11 is 7.62. The van der Waals surface area contributed by atoms with E-state index in [0.717, 1.165) is 23.7 Å². The second-order valence-electron chi connectivity index (χ2n) is 3.97. The molecule has 0 amide bonds. The van der Waals surface area contributed by atoms with Gasteiger partial charge < -0.3 is 10.4 Å². The molecule has 1 aromatic heterocycles. The molecular weight excluding hydrogens is 246 g/mol. The average molecular weight is 260 g/mol. The molecule has 0 saturated heterocycles. The fourth-order valence-electron chi connectivity index (χ4n) is 2.06.